The summed E-state index contributed by atoms with van der Waals surface area (Å²) in [6, 6.07) is 5.11. The summed E-state index contributed by atoms with van der Waals surface area (Å²) in [5.74, 6) is 0.417. The summed E-state index contributed by atoms with van der Waals surface area (Å²) in [6.45, 7) is 4.03. The molecule has 0 spiro atoms. The third-order valence-electron chi connectivity index (χ3n) is 3.16. The number of anilines is 2. The first kappa shape index (κ1) is 13.9. The van der Waals surface area contributed by atoms with Crippen LogP contribution in [0.5, 0.6) is 5.75 Å². The number of hydrogen-bond donors (Lipinski definition) is 2. The molecule has 6 heteroatoms. The van der Waals surface area contributed by atoms with Crippen LogP contribution in [0.4, 0.5) is 11.4 Å². The van der Waals surface area contributed by atoms with Crippen molar-refractivity contribution in [3.8, 4) is 5.75 Å². The number of aromatic nitrogens is 2. The molecule has 0 fully saturated rings. The van der Waals surface area contributed by atoms with Crippen molar-refractivity contribution in [2.75, 3.05) is 18.2 Å². The molecule has 0 unspecified atom stereocenters. The molecule has 1 amide bonds. The van der Waals surface area contributed by atoms with Crippen LogP contribution in [0.3, 0.4) is 0 Å². The highest BCUT2D eigenvalue weighted by atomic mass is 16.5. The third-order valence-corrected chi connectivity index (χ3v) is 3.16. The molecule has 0 atom stereocenters. The summed E-state index contributed by atoms with van der Waals surface area (Å²) < 4.78 is 6.98. The molecule has 2 rings (SSSR count). The van der Waals surface area contributed by atoms with Crippen molar-refractivity contribution in [2.45, 2.75) is 20.4 Å². The van der Waals surface area contributed by atoms with Crippen LogP contribution in [0.25, 0.3) is 0 Å². The molecule has 20 heavy (non-hydrogen) atoms. The Hall–Kier alpha value is -2.50. The van der Waals surface area contributed by atoms with E-state index in [1.54, 1.807) is 36.2 Å². The van der Waals surface area contributed by atoms with Crippen molar-refractivity contribution in [3.63, 3.8) is 0 Å². The Kier molecular flexibility index (Phi) is 3.93. The quantitative estimate of drug-likeness (QED) is 0.832. The summed E-state index contributed by atoms with van der Waals surface area (Å²) >= 11 is 0. The van der Waals surface area contributed by atoms with Gasteiger partial charge in [-0.15, -0.1) is 0 Å². The van der Waals surface area contributed by atoms with Crippen LogP contribution >= 0.6 is 0 Å². The lowest BCUT2D eigenvalue weighted by molar-refractivity contribution is -0.116. The van der Waals surface area contributed by atoms with Gasteiger partial charge >= 0.3 is 0 Å². The van der Waals surface area contributed by atoms with E-state index in [0.717, 1.165) is 11.4 Å². The minimum atomic E-state index is -0.158. The van der Waals surface area contributed by atoms with Crippen LogP contribution in [0.2, 0.25) is 0 Å². The van der Waals surface area contributed by atoms with Crippen LogP contribution in [0.15, 0.2) is 24.5 Å². The maximum Gasteiger partial charge on any atom is 0.244 e. The molecule has 0 saturated heterocycles. The number of nitrogen functional groups attached to an aromatic ring is 1. The van der Waals surface area contributed by atoms with Gasteiger partial charge in [0.2, 0.25) is 5.91 Å². The molecule has 0 aliphatic rings. The molecule has 0 saturated carbocycles. The molecule has 0 radical (unpaired) electrons. The second kappa shape index (κ2) is 5.64. The SMILES string of the molecule is COc1ccc(N)cc1NC(=O)Cn1cnc(C)c1C. The number of carbonyl (C=O) groups excluding carboxylic acids is 1. The van der Waals surface area contributed by atoms with Gasteiger partial charge in [-0.05, 0) is 32.0 Å². The van der Waals surface area contributed by atoms with E-state index in [-0.39, 0.29) is 12.5 Å². The van der Waals surface area contributed by atoms with Gasteiger partial charge in [-0.25, -0.2) is 4.98 Å². The number of imidazole rings is 1. The monoisotopic (exact) mass is 274 g/mol. The number of nitrogens with two attached hydrogens (primary N) is 1. The molecule has 106 valence electrons. The number of methoxy groups -OCH3 is 1. The number of carbonyl (C=O) groups is 1. The summed E-state index contributed by atoms with van der Waals surface area (Å²) in [4.78, 5) is 16.2. The predicted molar refractivity (Wildman–Crippen MR) is 77.7 cm³/mol. The molecule has 0 bridgehead atoms. The van der Waals surface area contributed by atoms with Crippen LogP contribution in [0, 0.1) is 13.8 Å². The predicted octanol–water partition coefficient (Wildman–Crippen LogP) is 1.73. The Morgan fingerprint density at radius 2 is 2.20 bits per heavy atom. The zero-order valence-electron chi connectivity index (χ0n) is 11.8. The summed E-state index contributed by atoms with van der Waals surface area (Å²) in [5, 5.41) is 2.79. The number of aryl methyl sites for hydroxylation is 1. The first-order valence-electron chi connectivity index (χ1n) is 6.23. The number of nitrogens with zero attached hydrogens (tertiary/aromatic N) is 2. The van der Waals surface area contributed by atoms with Gasteiger partial charge in [-0.3, -0.25) is 4.79 Å². The molecule has 1 aromatic heterocycles. The van der Waals surface area contributed by atoms with Crippen molar-refractivity contribution < 1.29 is 9.53 Å². The van der Waals surface area contributed by atoms with Crippen molar-refractivity contribution >= 4 is 17.3 Å². The van der Waals surface area contributed by atoms with E-state index in [2.05, 4.69) is 10.3 Å². The van der Waals surface area contributed by atoms with E-state index >= 15 is 0 Å². The minimum absolute atomic E-state index is 0.158. The molecule has 2 aromatic rings. The van der Waals surface area contributed by atoms with E-state index in [1.165, 1.54) is 0 Å². The van der Waals surface area contributed by atoms with Crippen molar-refractivity contribution in [1.82, 2.24) is 9.55 Å². The molecular weight excluding hydrogens is 256 g/mol. The maximum absolute atomic E-state index is 12.1. The number of rotatable bonds is 4. The zero-order valence-corrected chi connectivity index (χ0v) is 11.8. The first-order chi connectivity index (χ1) is 9.51. The Morgan fingerprint density at radius 1 is 1.45 bits per heavy atom. The Labute approximate surface area is 117 Å². The van der Waals surface area contributed by atoms with Crippen molar-refractivity contribution in [3.05, 3.63) is 35.9 Å². The molecule has 0 aliphatic carbocycles. The average molecular weight is 274 g/mol. The van der Waals surface area contributed by atoms with Gasteiger partial charge in [0.1, 0.15) is 12.3 Å². The number of amides is 1. The lowest BCUT2D eigenvalue weighted by Gasteiger charge is -2.11. The standard InChI is InChI=1S/C14H18N4O2/c1-9-10(2)18(8-16-9)7-14(19)17-12-6-11(15)4-5-13(12)20-3/h4-6,8H,7,15H2,1-3H3,(H,17,19). The highest BCUT2D eigenvalue weighted by Crippen LogP contribution is 2.26. The van der Waals surface area contributed by atoms with Gasteiger partial charge in [0.15, 0.2) is 0 Å². The van der Waals surface area contributed by atoms with Gasteiger partial charge in [0, 0.05) is 11.4 Å². The Balaban J connectivity index is 2.12. The Bertz CT molecular complexity index is 634. The second-order valence-electron chi connectivity index (χ2n) is 4.55. The summed E-state index contributed by atoms with van der Waals surface area (Å²) in [6.07, 6.45) is 1.65. The van der Waals surface area contributed by atoms with Crippen molar-refractivity contribution in [1.29, 1.82) is 0 Å². The second-order valence-corrected chi connectivity index (χ2v) is 4.55. The van der Waals surface area contributed by atoms with Gasteiger partial charge in [0.05, 0.1) is 24.8 Å². The molecule has 3 N–H and O–H groups in total. The van der Waals surface area contributed by atoms with Crippen LogP contribution in [-0.4, -0.2) is 22.6 Å². The zero-order chi connectivity index (χ0) is 14.7. The molecule has 1 heterocycles. The van der Waals surface area contributed by atoms with Crippen LogP contribution in [-0.2, 0) is 11.3 Å². The van der Waals surface area contributed by atoms with Gasteiger partial charge in [-0.1, -0.05) is 0 Å². The fourth-order valence-corrected chi connectivity index (χ4v) is 1.87. The van der Waals surface area contributed by atoms with E-state index in [0.29, 0.717) is 17.1 Å². The van der Waals surface area contributed by atoms with Gasteiger partial charge < -0.3 is 20.4 Å². The number of nitrogens with one attached hydrogen (secondary N) is 1. The molecule has 6 nitrogen and oxygen atoms in total. The van der Waals surface area contributed by atoms with E-state index < -0.39 is 0 Å². The number of benzene rings is 1. The van der Waals surface area contributed by atoms with Crippen LogP contribution < -0.4 is 15.8 Å². The highest BCUT2D eigenvalue weighted by molar-refractivity contribution is 5.92. The van der Waals surface area contributed by atoms with Crippen molar-refractivity contribution in [2.24, 2.45) is 0 Å². The van der Waals surface area contributed by atoms with Gasteiger partial charge in [0.25, 0.3) is 0 Å². The first-order valence-corrected chi connectivity index (χ1v) is 6.23. The molecule has 0 aliphatic heterocycles. The largest absolute Gasteiger partial charge is 0.495 e. The normalized spacial score (nSPS) is 10.3. The molecular formula is C14H18N4O2. The maximum atomic E-state index is 12.1. The topological polar surface area (TPSA) is 82.2 Å². The summed E-state index contributed by atoms with van der Waals surface area (Å²) in [7, 11) is 1.55. The summed E-state index contributed by atoms with van der Waals surface area (Å²) in [5.41, 5.74) is 8.73. The third kappa shape index (κ3) is 2.90. The van der Waals surface area contributed by atoms with E-state index in [4.69, 9.17) is 10.5 Å². The lowest BCUT2D eigenvalue weighted by Crippen LogP contribution is -2.19. The molecule has 1 aromatic carbocycles. The average Bonchev–Trinajstić information content (AvgIpc) is 2.71. The fraction of sp³-hybridized carbons (Fsp3) is 0.286. The van der Waals surface area contributed by atoms with Crippen LogP contribution in [0.1, 0.15) is 11.4 Å². The minimum Gasteiger partial charge on any atom is -0.495 e. The Morgan fingerprint density at radius 3 is 2.80 bits per heavy atom. The highest BCUT2D eigenvalue weighted by Gasteiger charge is 2.10. The smallest absolute Gasteiger partial charge is 0.244 e. The number of hydrogen-bond acceptors (Lipinski definition) is 4. The fourth-order valence-electron chi connectivity index (χ4n) is 1.87. The number of ether oxygens (including phenoxy) is 1. The lowest BCUT2D eigenvalue weighted by atomic mass is 10.2. The van der Waals surface area contributed by atoms with Gasteiger partial charge in [-0.2, -0.15) is 0 Å². The van der Waals surface area contributed by atoms with E-state index in [9.17, 15) is 4.79 Å². The van der Waals surface area contributed by atoms with E-state index in [1.807, 2.05) is 13.8 Å².